The lowest BCUT2D eigenvalue weighted by molar-refractivity contribution is 0.0944. The molecule has 3 aromatic rings. The molecule has 3 aromatic heterocycles. The first-order valence-corrected chi connectivity index (χ1v) is 18.2. The number of halogens is 2. The minimum Gasteiger partial charge on any atom is -0.352 e. The highest BCUT2D eigenvalue weighted by Gasteiger charge is 2.19. The number of hydrogen-bond acceptors (Lipinski definition) is 5. The van der Waals surface area contributed by atoms with Gasteiger partial charge < -0.3 is 10.6 Å². The molecule has 3 heterocycles. The maximum absolute atomic E-state index is 12.8. The van der Waals surface area contributed by atoms with Crippen LogP contribution in [0.1, 0.15) is 112 Å². The maximum Gasteiger partial charge on any atom is 0.253 e. The predicted octanol–water partition coefficient (Wildman–Crippen LogP) is 10.9. The molecule has 0 saturated carbocycles. The number of rotatable bonds is 18. The van der Waals surface area contributed by atoms with Crippen LogP contribution in [0.25, 0.3) is 19.5 Å². The first-order valence-electron chi connectivity index (χ1n) is 14.2. The van der Waals surface area contributed by atoms with Crippen LogP contribution in [0.15, 0.2) is 31.8 Å². The third-order valence-electron chi connectivity index (χ3n) is 6.59. The molecule has 9 heteroatoms. The van der Waals surface area contributed by atoms with Crippen LogP contribution in [0, 0.1) is 0 Å². The van der Waals surface area contributed by atoms with E-state index < -0.39 is 0 Å². The van der Waals surface area contributed by atoms with Crippen molar-refractivity contribution in [3.63, 3.8) is 0 Å². The zero-order valence-corrected chi connectivity index (χ0v) is 28.6. The van der Waals surface area contributed by atoms with Crippen LogP contribution >= 0.6 is 65.9 Å². The Balaban J connectivity index is 1.53. The summed E-state index contributed by atoms with van der Waals surface area (Å²) in [5.41, 5.74) is 1.39. The maximum atomic E-state index is 12.8. The third-order valence-corrected chi connectivity index (χ3v) is 11.7. The second-order valence-corrected chi connectivity index (χ2v) is 15.6. The van der Waals surface area contributed by atoms with Crippen LogP contribution in [-0.2, 0) is 0 Å². The van der Waals surface area contributed by atoms with E-state index >= 15 is 0 Å². The first kappa shape index (κ1) is 32.5. The summed E-state index contributed by atoms with van der Waals surface area (Å²) in [6, 6.07) is 8.16. The van der Waals surface area contributed by atoms with Crippen molar-refractivity contribution in [1.29, 1.82) is 0 Å². The fraction of sp³-hybridized carbons (Fsp3) is 0.533. The Hall–Kier alpha value is -1.00. The number of hydrogen-bond donors (Lipinski definition) is 2. The molecule has 0 spiro atoms. The van der Waals surface area contributed by atoms with Crippen LogP contribution in [-0.4, -0.2) is 24.9 Å². The Morgan fingerprint density at radius 3 is 1.38 bits per heavy atom. The smallest absolute Gasteiger partial charge is 0.253 e. The van der Waals surface area contributed by atoms with Gasteiger partial charge in [0.2, 0.25) is 0 Å². The van der Waals surface area contributed by atoms with Gasteiger partial charge >= 0.3 is 0 Å². The molecule has 0 bridgehead atoms. The monoisotopic (exact) mass is 714 g/mol. The molecule has 0 fully saturated rings. The molecule has 0 unspecified atom stereocenters. The molecule has 39 heavy (non-hydrogen) atoms. The van der Waals surface area contributed by atoms with Gasteiger partial charge in [-0.15, -0.1) is 34.0 Å². The van der Waals surface area contributed by atoms with Crippen LogP contribution in [0.2, 0.25) is 0 Å². The number of carbonyl (C=O) groups is 2. The Kier molecular flexibility index (Phi) is 14.8. The molecule has 3 rings (SSSR count). The van der Waals surface area contributed by atoms with Gasteiger partial charge in [-0.2, -0.15) is 0 Å². The first-order chi connectivity index (χ1) is 18.9. The van der Waals surface area contributed by atoms with Crippen molar-refractivity contribution in [2.24, 2.45) is 0 Å². The molecule has 214 valence electrons. The molecular formula is C30H40Br2N2O2S3. The van der Waals surface area contributed by atoms with Crippen molar-refractivity contribution >= 4 is 77.7 Å². The molecular weight excluding hydrogens is 676 g/mol. The van der Waals surface area contributed by atoms with Gasteiger partial charge in [0.1, 0.15) is 0 Å². The third kappa shape index (κ3) is 10.4. The summed E-state index contributed by atoms with van der Waals surface area (Å²) in [4.78, 5) is 29.9. The average molecular weight is 717 g/mol. The molecule has 4 nitrogen and oxygen atoms in total. The molecule has 0 aromatic carbocycles. The molecule has 2 amide bonds. The summed E-state index contributed by atoms with van der Waals surface area (Å²) in [7, 11) is 0. The number of carbonyl (C=O) groups excluding carboxylic acids is 2. The van der Waals surface area contributed by atoms with Crippen molar-refractivity contribution in [3.05, 3.63) is 43.0 Å². The van der Waals surface area contributed by atoms with Gasteiger partial charge in [-0.1, -0.05) is 78.1 Å². The van der Waals surface area contributed by atoms with Gasteiger partial charge in [-0.3, -0.25) is 9.59 Å². The van der Waals surface area contributed by atoms with E-state index in [9.17, 15) is 9.59 Å². The van der Waals surface area contributed by atoms with Gasteiger partial charge in [0.15, 0.2) is 0 Å². The van der Waals surface area contributed by atoms with E-state index in [1.807, 2.05) is 12.1 Å². The summed E-state index contributed by atoms with van der Waals surface area (Å²) < 4.78 is 1.71. The summed E-state index contributed by atoms with van der Waals surface area (Å²) in [6.45, 7) is 5.88. The quantitative estimate of drug-likeness (QED) is 0.129. The largest absolute Gasteiger partial charge is 0.352 e. The molecule has 0 aliphatic rings. The summed E-state index contributed by atoms with van der Waals surface area (Å²) >= 11 is 12.1. The Labute approximate surface area is 262 Å². The number of unbranched alkanes of at least 4 members (excludes halogenated alkanes) is 10. The number of thiophene rings is 3. The van der Waals surface area contributed by atoms with Crippen LogP contribution in [0.4, 0.5) is 0 Å². The SMILES string of the molecule is CCCCCCCCNC(=O)c1cc(-c2ccc(-c3cc(C(=O)NCCCCCCCC)c(Br)s3)s2)sc1Br. The Bertz CT molecular complexity index is 1100. The molecule has 0 aliphatic heterocycles. The standard InChI is InChI=1S/C30H40Br2N2O2S3/c1-3-5-7-9-11-13-17-33-29(35)21-19-25(38-27(21)31)23-15-16-24(37-23)26-20-22(28(32)39-26)30(36)34-18-14-12-10-8-6-4-2/h15-16,19-20H,3-14,17-18H2,1-2H3,(H,33,35)(H,34,36). The number of nitrogens with one attached hydrogen (secondary N) is 2. The van der Waals surface area contributed by atoms with E-state index in [0.717, 1.165) is 52.8 Å². The molecule has 2 N–H and O–H groups in total. The minimum atomic E-state index is -0.0199. The highest BCUT2D eigenvalue weighted by atomic mass is 79.9. The lowest BCUT2D eigenvalue weighted by atomic mass is 10.1. The zero-order valence-electron chi connectivity index (χ0n) is 23.0. The molecule has 0 radical (unpaired) electrons. The van der Waals surface area contributed by atoms with Gasteiger partial charge in [-0.25, -0.2) is 0 Å². The van der Waals surface area contributed by atoms with Crippen molar-refractivity contribution < 1.29 is 9.59 Å². The lowest BCUT2D eigenvalue weighted by Crippen LogP contribution is -2.24. The van der Waals surface area contributed by atoms with E-state index in [4.69, 9.17) is 0 Å². The summed E-state index contributed by atoms with van der Waals surface area (Å²) in [5.74, 6) is -0.0398. The van der Waals surface area contributed by atoms with E-state index in [1.54, 1.807) is 34.0 Å². The second-order valence-electron chi connectivity index (χ2n) is 9.81. The topological polar surface area (TPSA) is 58.2 Å². The van der Waals surface area contributed by atoms with E-state index in [1.165, 1.54) is 51.4 Å². The van der Waals surface area contributed by atoms with Gasteiger partial charge in [0, 0.05) is 32.6 Å². The lowest BCUT2D eigenvalue weighted by Gasteiger charge is -2.04. The van der Waals surface area contributed by atoms with Gasteiger partial charge in [0.25, 0.3) is 11.8 Å². The molecule has 0 aliphatic carbocycles. The predicted molar refractivity (Wildman–Crippen MR) is 178 cm³/mol. The fourth-order valence-corrected chi connectivity index (χ4v) is 8.86. The van der Waals surface area contributed by atoms with Crippen molar-refractivity contribution in [1.82, 2.24) is 10.6 Å². The molecule has 0 saturated heterocycles. The number of amides is 2. The average Bonchev–Trinajstić information content (AvgIpc) is 3.65. The Morgan fingerprint density at radius 1 is 0.590 bits per heavy atom. The van der Waals surface area contributed by atoms with E-state index in [-0.39, 0.29) is 11.8 Å². The highest BCUT2D eigenvalue weighted by molar-refractivity contribution is 9.11. The summed E-state index contributed by atoms with van der Waals surface area (Å²) in [6.07, 6.45) is 14.5. The van der Waals surface area contributed by atoms with Crippen LogP contribution in [0.3, 0.4) is 0 Å². The zero-order chi connectivity index (χ0) is 28.0. The molecule has 0 atom stereocenters. The van der Waals surface area contributed by atoms with Crippen molar-refractivity contribution in [2.75, 3.05) is 13.1 Å². The highest BCUT2D eigenvalue weighted by Crippen LogP contribution is 2.43. The minimum absolute atomic E-state index is 0.0199. The summed E-state index contributed by atoms with van der Waals surface area (Å²) in [5, 5.41) is 6.15. The fourth-order valence-electron chi connectivity index (χ4n) is 4.30. The van der Waals surface area contributed by atoms with E-state index in [2.05, 4.69) is 68.5 Å². The van der Waals surface area contributed by atoms with Crippen molar-refractivity contribution in [2.45, 2.75) is 90.9 Å². The van der Waals surface area contributed by atoms with Crippen LogP contribution < -0.4 is 10.6 Å². The van der Waals surface area contributed by atoms with Gasteiger partial charge in [0.05, 0.1) is 18.7 Å². The van der Waals surface area contributed by atoms with E-state index in [0.29, 0.717) is 24.2 Å². The Morgan fingerprint density at radius 2 is 0.974 bits per heavy atom. The normalized spacial score (nSPS) is 11.2. The van der Waals surface area contributed by atoms with Gasteiger partial charge in [-0.05, 0) is 69.0 Å². The van der Waals surface area contributed by atoms with Crippen molar-refractivity contribution in [3.8, 4) is 19.5 Å². The van der Waals surface area contributed by atoms with Crippen LogP contribution in [0.5, 0.6) is 0 Å². The second kappa shape index (κ2) is 17.7.